The van der Waals surface area contributed by atoms with Crippen LogP contribution in [0.3, 0.4) is 0 Å². The molecule has 18 heavy (non-hydrogen) atoms. The van der Waals surface area contributed by atoms with Crippen LogP contribution in [0.5, 0.6) is 0 Å². The van der Waals surface area contributed by atoms with Crippen LogP contribution in [-0.4, -0.2) is 28.3 Å². The highest BCUT2D eigenvalue weighted by Crippen LogP contribution is 2.14. The van der Waals surface area contributed by atoms with Crippen LogP contribution < -0.4 is 5.48 Å². The lowest BCUT2D eigenvalue weighted by Gasteiger charge is -2.25. The molecule has 0 amide bonds. The first kappa shape index (κ1) is 14.5. The van der Waals surface area contributed by atoms with Crippen molar-refractivity contribution in [3.8, 4) is 0 Å². The molecule has 0 saturated heterocycles. The smallest absolute Gasteiger partial charge is 0.339 e. The van der Waals surface area contributed by atoms with Crippen LogP contribution in [0.25, 0.3) is 0 Å². The van der Waals surface area contributed by atoms with E-state index in [-0.39, 0.29) is 5.88 Å². The molecular formula is C12H15ClN2O3. The first-order chi connectivity index (χ1) is 8.51. The normalized spacial score (nSPS) is 12.3. The lowest BCUT2D eigenvalue weighted by atomic mass is 9.93. The largest absolute Gasteiger partial charge is 0.411 e. The molecule has 0 saturated carbocycles. The molecule has 1 aromatic rings. The zero-order chi connectivity index (χ0) is 13.6. The third kappa shape index (κ3) is 3.72. The number of halogens is 1. The molecule has 0 fully saturated rings. The van der Waals surface area contributed by atoms with Crippen molar-refractivity contribution in [1.82, 2.24) is 5.48 Å². The van der Waals surface area contributed by atoms with E-state index in [4.69, 9.17) is 21.6 Å². The van der Waals surface area contributed by atoms with Gasteiger partial charge in [0.05, 0.1) is 5.54 Å². The Kier molecular flexibility index (Phi) is 5.12. The van der Waals surface area contributed by atoms with E-state index in [1.54, 1.807) is 26.0 Å². The van der Waals surface area contributed by atoms with E-state index in [0.29, 0.717) is 5.71 Å². The fourth-order valence-electron chi connectivity index (χ4n) is 1.40. The van der Waals surface area contributed by atoms with Crippen LogP contribution in [0.2, 0.25) is 0 Å². The molecule has 0 spiro atoms. The molecule has 6 heteroatoms. The van der Waals surface area contributed by atoms with Gasteiger partial charge < -0.3 is 10.0 Å². The average Bonchev–Trinajstić information content (AvgIpc) is 2.38. The van der Waals surface area contributed by atoms with E-state index in [0.717, 1.165) is 5.56 Å². The molecular weight excluding hydrogens is 256 g/mol. The highest BCUT2D eigenvalue weighted by atomic mass is 35.5. The highest BCUT2D eigenvalue weighted by Gasteiger charge is 2.28. The van der Waals surface area contributed by atoms with Crippen molar-refractivity contribution < 1.29 is 14.8 Å². The molecule has 0 bridgehead atoms. The highest BCUT2D eigenvalue weighted by molar-refractivity contribution is 6.26. The second kappa shape index (κ2) is 6.37. The molecule has 0 aliphatic carbocycles. The average molecular weight is 271 g/mol. The van der Waals surface area contributed by atoms with Gasteiger partial charge in [0, 0.05) is 5.56 Å². The Bertz CT molecular complexity index is 432. The molecule has 5 nitrogen and oxygen atoms in total. The number of alkyl halides is 1. The van der Waals surface area contributed by atoms with Crippen molar-refractivity contribution in [2.75, 3.05) is 5.88 Å². The Morgan fingerprint density at radius 1 is 1.44 bits per heavy atom. The lowest BCUT2D eigenvalue weighted by Crippen LogP contribution is -2.48. The van der Waals surface area contributed by atoms with Crippen LogP contribution in [0.15, 0.2) is 35.5 Å². The number of nitrogens with zero attached hydrogens (tertiary/aromatic N) is 1. The van der Waals surface area contributed by atoms with Gasteiger partial charge in [0.25, 0.3) is 0 Å². The van der Waals surface area contributed by atoms with Gasteiger partial charge >= 0.3 is 5.97 Å². The molecule has 1 aromatic carbocycles. The molecule has 0 heterocycles. The van der Waals surface area contributed by atoms with Gasteiger partial charge in [-0.15, -0.1) is 17.1 Å². The van der Waals surface area contributed by atoms with Crippen LogP contribution in [-0.2, 0) is 9.63 Å². The molecule has 0 radical (unpaired) electrons. The third-order valence-corrected chi connectivity index (χ3v) is 2.49. The fourth-order valence-corrected chi connectivity index (χ4v) is 1.45. The summed E-state index contributed by atoms with van der Waals surface area (Å²) in [6, 6.07) is 9.08. The van der Waals surface area contributed by atoms with Crippen molar-refractivity contribution in [1.29, 1.82) is 0 Å². The molecule has 0 aliphatic heterocycles. The number of rotatable bonds is 5. The Morgan fingerprint density at radius 2 is 2.06 bits per heavy atom. The summed E-state index contributed by atoms with van der Waals surface area (Å²) in [6.07, 6.45) is 0. The molecule has 98 valence electrons. The predicted molar refractivity (Wildman–Crippen MR) is 68.8 cm³/mol. The molecule has 0 aromatic heterocycles. The number of oxime groups is 1. The van der Waals surface area contributed by atoms with Gasteiger partial charge in [-0.25, -0.2) is 4.79 Å². The predicted octanol–water partition coefficient (Wildman–Crippen LogP) is 1.93. The second-order valence-electron chi connectivity index (χ2n) is 4.15. The topological polar surface area (TPSA) is 70.9 Å². The summed E-state index contributed by atoms with van der Waals surface area (Å²) < 4.78 is 0. The lowest BCUT2D eigenvalue weighted by molar-refractivity contribution is -0.150. The van der Waals surface area contributed by atoms with Gasteiger partial charge in [0.15, 0.2) is 0 Å². The summed E-state index contributed by atoms with van der Waals surface area (Å²) in [5.41, 5.74) is 2.76. The summed E-state index contributed by atoms with van der Waals surface area (Å²) in [5, 5.41) is 12.4. The maximum atomic E-state index is 11.0. The van der Waals surface area contributed by atoms with Gasteiger partial charge in [-0.1, -0.05) is 35.5 Å². The van der Waals surface area contributed by atoms with Crippen molar-refractivity contribution in [2.24, 2.45) is 5.16 Å². The minimum atomic E-state index is -0.849. The van der Waals surface area contributed by atoms with E-state index in [9.17, 15) is 4.79 Å². The van der Waals surface area contributed by atoms with Crippen LogP contribution in [0.1, 0.15) is 19.4 Å². The Morgan fingerprint density at radius 3 is 2.56 bits per heavy atom. The first-order valence-electron chi connectivity index (χ1n) is 5.32. The van der Waals surface area contributed by atoms with E-state index < -0.39 is 11.5 Å². The summed E-state index contributed by atoms with van der Waals surface area (Å²) >= 11 is 5.32. The standard InChI is InChI=1S/C12H15ClN2O3/c1-12(2,15-18-10(16)8-13)11(14-17)9-6-4-3-5-7-9/h3-7,15,17H,8H2,1-2H3/b14-11+. The third-order valence-electron chi connectivity index (χ3n) is 2.27. The van der Waals surface area contributed by atoms with E-state index >= 15 is 0 Å². The molecule has 1 rings (SSSR count). The van der Waals surface area contributed by atoms with Crippen LogP contribution in [0, 0.1) is 0 Å². The van der Waals surface area contributed by atoms with Gasteiger partial charge in [0.1, 0.15) is 11.6 Å². The summed E-state index contributed by atoms with van der Waals surface area (Å²) in [5.74, 6) is -0.852. The number of carbonyl (C=O) groups is 1. The molecule has 2 N–H and O–H groups in total. The number of hydrogen-bond donors (Lipinski definition) is 2. The second-order valence-corrected chi connectivity index (χ2v) is 4.42. The molecule has 0 atom stereocenters. The summed E-state index contributed by atoms with van der Waals surface area (Å²) in [6.45, 7) is 3.44. The quantitative estimate of drug-likeness (QED) is 0.371. The van der Waals surface area contributed by atoms with Crippen molar-refractivity contribution in [3.63, 3.8) is 0 Å². The van der Waals surface area contributed by atoms with Crippen LogP contribution >= 0.6 is 11.6 Å². The summed E-state index contributed by atoms with van der Waals surface area (Å²) in [4.78, 5) is 15.7. The maximum Gasteiger partial charge on any atom is 0.339 e. The van der Waals surface area contributed by atoms with Crippen molar-refractivity contribution in [3.05, 3.63) is 35.9 Å². The van der Waals surface area contributed by atoms with Crippen molar-refractivity contribution in [2.45, 2.75) is 19.4 Å². The van der Waals surface area contributed by atoms with Gasteiger partial charge in [-0.2, -0.15) is 0 Å². The number of benzene rings is 1. The van der Waals surface area contributed by atoms with Crippen LogP contribution in [0.4, 0.5) is 0 Å². The Labute approximate surface area is 110 Å². The maximum absolute atomic E-state index is 11.0. The first-order valence-corrected chi connectivity index (χ1v) is 5.85. The zero-order valence-corrected chi connectivity index (χ0v) is 10.9. The van der Waals surface area contributed by atoms with E-state index in [1.807, 2.05) is 18.2 Å². The van der Waals surface area contributed by atoms with Gasteiger partial charge in [-0.3, -0.25) is 0 Å². The minimum absolute atomic E-state index is 0.250. The van der Waals surface area contributed by atoms with E-state index in [1.165, 1.54) is 0 Å². The van der Waals surface area contributed by atoms with Crippen molar-refractivity contribution >= 4 is 23.3 Å². The Hall–Kier alpha value is -1.59. The Balaban J connectivity index is 2.85. The number of hydrogen-bond acceptors (Lipinski definition) is 5. The van der Waals surface area contributed by atoms with E-state index in [2.05, 4.69) is 10.6 Å². The minimum Gasteiger partial charge on any atom is -0.411 e. The number of hydroxylamine groups is 1. The fraction of sp³-hybridized carbons (Fsp3) is 0.333. The van der Waals surface area contributed by atoms with Gasteiger partial charge in [0.2, 0.25) is 0 Å². The SMILES string of the molecule is CC(C)(NOC(=O)CCl)/C(=N/O)c1ccccc1. The molecule has 0 aliphatic rings. The number of carbonyl (C=O) groups excluding carboxylic acids is 1. The summed E-state index contributed by atoms with van der Waals surface area (Å²) in [7, 11) is 0. The monoisotopic (exact) mass is 270 g/mol. The molecule has 0 unspecified atom stereocenters. The zero-order valence-electron chi connectivity index (χ0n) is 10.2. The number of nitrogens with one attached hydrogen (secondary N) is 1. The van der Waals surface area contributed by atoms with Gasteiger partial charge in [-0.05, 0) is 13.8 Å².